The molecular formula is C23H37IN4O. The lowest BCUT2D eigenvalue weighted by Gasteiger charge is -2.62. The molecule has 162 valence electrons. The van der Waals surface area contributed by atoms with Crippen LogP contribution in [0.25, 0.3) is 0 Å². The standard InChI is InChI=1S/C23H36N4O.HI/c1-6-24-21(27-17-22(2,3)23(27,4)5)25-14-9-12-20(28)26-15-13-18-10-7-8-11-19(18)16-26;/h7-8,10-11H,6,9,12-17H2,1-5H3,(H,24,25);1H. The molecule has 2 heterocycles. The van der Waals surface area contributed by atoms with Crippen LogP contribution < -0.4 is 5.32 Å². The minimum absolute atomic E-state index is 0. The monoisotopic (exact) mass is 512 g/mol. The highest BCUT2D eigenvalue weighted by Crippen LogP contribution is 2.46. The molecule has 1 aromatic rings. The topological polar surface area (TPSA) is 47.9 Å². The third kappa shape index (κ3) is 5.06. The first-order valence-electron chi connectivity index (χ1n) is 10.7. The predicted octanol–water partition coefficient (Wildman–Crippen LogP) is 4.06. The van der Waals surface area contributed by atoms with Crippen LogP contribution in [0.4, 0.5) is 0 Å². The van der Waals surface area contributed by atoms with E-state index in [9.17, 15) is 4.79 Å². The van der Waals surface area contributed by atoms with Gasteiger partial charge < -0.3 is 15.1 Å². The fourth-order valence-electron chi connectivity index (χ4n) is 4.08. The highest BCUT2D eigenvalue weighted by atomic mass is 127. The smallest absolute Gasteiger partial charge is 0.222 e. The minimum Gasteiger partial charge on any atom is -0.356 e. The number of fused-ring (bicyclic) bond motifs is 1. The van der Waals surface area contributed by atoms with Crippen LogP contribution >= 0.6 is 24.0 Å². The van der Waals surface area contributed by atoms with E-state index >= 15 is 0 Å². The van der Waals surface area contributed by atoms with E-state index < -0.39 is 0 Å². The molecule has 1 saturated heterocycles. The van der Waals surface area contributed by atoms with Gasteiger partial charge in [0.2, 0.25) is 5.91 Å². The van der Waals surface area contributed by atoms with Gasteiger partial charge in [-0.25, -0.2) is 0 Å². The third-order valence-corrected chi connectivity index (χ3v) is 6.77. The van der Waals surface area contributed by atoms with Gasteiger partial charge in [0.05, 0.1) is 0 Å². The van der Waals surface area contributed by atoms with Gasteiger partial charge in [0.25, 0.3) is 0 Å². The predicted molar refractivity (Wildman–Crippen MR) is 131 cm³/mol. The van der Waals surface area contributed by atoms with Gasteiger partial charge in [-0.3, -0.25) is 9.79 Å². The number of rotatable bonds is 5. The molecule has 0 bridgehead atoms. The summed E-state index contributed by atoms with van der Waals surface area (Å²) in [7, 11) is 0. The molecule has 0 aromatic heterocycles. The van der Waals surface area contributed by atoms with Crippen molar-refractivity contribution >= 4 is 35.8 Å². The molecule has 0 unspecified atom stereocenters. The number of carbonyl (C=O) groups is 1. The number of aliphatic imine (C=N–C) groups is 1. The Hall–Kier alpha value is -1.31. The van der Waals surface area contributed by atoms with E-state index in [2.05, 4.69) is 69.1 Å². The van der Waals surface area contributed by atoms with Crippen molar-refractivity contribution in [1.29, 1.82) is 0 Å². The SMILES string of the molecule is CCNC(=NCCCC(=O)N1CCc2ccccc2C1)N1CC(C)(C)C1(C)C.I. The van der Waals surface area contributed by atoms with Crippen LogP contribution in [0.3, 0.4) is 0 Å². The first kappa shape index (κ1) is 24.0. The number of guanidine groups is 1. The summed E-state index contributed by atoms with van der Waals surface area (Å²) >= 11 is 0. The molecule has 2 aliphatic rings. The summed E-state index contributed by atoms with van der Waals surface area (Å²) in [5, 5.41) is 3.42. The maximum Gasteiger partial charge on any atom is 0.222 e. The second-order valence-electron chi connectivity index (χ2n) is 9.20. The largest absolute Gasteiger partial charge is 0.356 e. The number of nitrogens with zero attached hydrogens (tertiary/aromatic N) is 3. The zero-order valence-electron chi connectivity index (χ0n) is 18.6. The maximum absolute atomic E-state index is 12.6. The average molecular weight is 512 g/mol. The molecule has 0 aliphatic carbocycles. The van der Waals surface area contributed by atoms with Crippen LogP contribution in [-0.4, -0.2) is 53.4 Å². The van der Waals surface area contributed by atoms with E-state index in [1.54, 1.807) is 0 Å². The van der Waals surface area contributed by atoms with Gasteiger partial charge in [0.15, 0.2) is 5.96 Å². The fourth-order valence-corrected chi connectivity index (χ4v) is 4.08. The lowest BCUT2D eigenvalue weighted by Crippen LogP contribution is -2.72. The zero-order chi connectivity index (χ0) is 20.4. The molecule has 1 aromatic carbocycles. The summed E-state index contributed by atoms with van der Waals surface area (Å²) in [6.07, 6.45) is 2.33. The van der Waals surface area contributed by atoms with Gasteiger partial charge in [-0.2, -0.15) is 0 Å². The quantitative estimate of drug-likeness (QED) is 0.280. The average Bonchev–Trinajstić information content (AvgIpc) is 2.68. The van der Waals surface area contributed by atoms with Crippen LogP contribution in [-0.2, 0) is 17.8 Å². The van der Waals surface area contributed by atoms with Crippen LogP contribution in [0.5, 0.6) is 0 Å². The lowest BCUT2D eigenvalue weighted by atomic mass is 9.65. The lowest BCUT2D eigenvalue weighted by molar-refractivity contribution is -0.132. The molecule has 2 aliphatic heterocycles. The molecular weight excluding hydrogens is 475 g/mol. The summed E-state index contributed by atoms with van der Waals surface area (Å²) < 4.78 is 0. The molecule has 0 atom stereocenters. The van der Waals surface area contributed by atoms with Gasteiger partial charge in [-0.15, -0.1) is 24.0 Å². The summed E-state index contributed by atoms with van der Waals surface area (Å²) in [4.78, 5) is 21.8. The second-order valence-corrected chi connectivity index (χ2v) is 9.20. The van der Waals surface area contributed by atoms with Crippen molar-refractivity contribution in [3.05, 3.63) is 35.4 Å². The molecule has 1 fully saturated rings. The molecule has 0 saturated carbocycles. The van der Waals surface area contributed by atoms with E-state index in [1.165, 1.54) is 11.1 Å². The van der Waals surface area contributed by atoms with Crippen LogP contribution in [0.1, 0.15) is 58.6 Å². The number of likely N-dealkylation sites (tertiary alicyclic amines) is 1. The Balaban J connectivity index is 0.00000300. The molecule has 3 rings (SSSR count). The van der Waals surface area contributed by atoms with Gasteiger partial charge in [0, 0.05) is 50.1 Å². The van der Waals surface area contributed by atoms with E-state index in [4.69, 9.17) is 4.99 Å². The van der Waals surface area contributed by atoms with Crippen molar-refractivity contribution < 1.29 is 4.79 Å². The molecule has 6 heteroatoms. The molecule has 5 nitrogen and oxygen atoms in total. The van der Waals surface area contributed by atoms with E-state index in [0.29, 0.717) is 13.0 Å². The summed E-state index contributed by atoms with van der Waals surface area (Å²) in [5.74, 6) is 1.23. The van der Waals surface area contributed by atoms with Crippen molar-refractivity contribution in [2.45, 2.75) is 66.0 Å². The van der Waals surface area contributed by atoms with Gasteiger partial charge >= 0.3 is 0 Å². The van der Waals surface area contributed by atoms with Crippen LogP contribution in [0, 0.1) is 5.41 Å². The van der Waals surface area contributed by atoms with Crippen molar-refractivity contribution in [3.63, 3.8) is 0 Å². The minimum atomic E-state index is 0. The molecule has 1 N–H and O–H groups in total. The highest BCUT2D eigenvalue weighted by Gasteiger charge is 2.53. The zero-order valence-corrected chi connectivity index (χ0v) is 21.0. The summed E-state index contributed by atoms with van der Waals surface area (Å²) in [6.45, 7) is 15.4. The fraction of sp³-hybridized carbons (Fsp3) is 0.652. The number of benzene rings is 1. The summed E-state index contributed by atoms with van der Waals surface area (Å²) in [5.41, 5.74) is 3.04. The first-order chi connectivity index (χ1) is 13.3. The number of amides is 1. The highest BCUT2D eigenvalue weighted by molar-refractivity contribution is 14.0. The van der Waals surface area contributed by atoms with E-state index in [1.807, 2.05) is 4.90 Å². The van der Waals surface area contributed by atoms with E-state index in [-0.39, 0.29) is 40.8 Å². The third-order valence-electron chi connectivity index (χ3n) is 6.77. The Bertz CT molecular complexity index is 744. The van der Waals surface area contributed by atoms with Crippen molar-refractivity contribution in [2.24, 2.45) is 10.4 Å². The Morgan fingerprint density at radius 1 is 1.17 bits per heavy atom. The molecule has 29 heavy (non-hydrogen) atoms. The number of carbonyl (C=O) groups excluding carboxylic acids is 1. The molecule has 0 spiro atoms. The van der Waals surface area contributed by atoms with Crippen LogP contribution in [0.2, 0.25) is 0 Å². The Kier molecular flexibility index (Phi) is 7.99. The summed E-state index contributed by atoms with van der Waals surface area (Å²) in [6, 6.07) is 8.45. The van der Waals surface area contributed by atoms with Gasteiger partial charge in [-0.1, -0.05) is 38.1 Å². The van der Waals surface area contributed by atoms with Gasteiger partial charge in [-0.05, 0) is 44.7 Å². The number of hydrogen-bond acceptors (Lipinski definition) is 2. The number of hydrogen-bond donors (Lipinski definition) is 1. The second kappa shape index (κ2) is 9.67. The van der Waals surface area contributed by atoms with E-state index in [0.717, 1.165) is 45.0 Å². The number of halogens is 1. The van der Waals surface area contributed by atoms with Crippen molar-refractivity contribution in [1.82, 2.24) is 15.1 Å². The maximum atomic E-state index is 12.6. The van der Waals surface area contributed by atoms with Crippen molar-refractivity contribution in [2.75, 3.05) is 26.2 Å². The molecule has 0 radical (unpaired) electrons. The molecule has 1 amide bonds. The Labute approximate surface area is 193 Å². The van der Waals surface area contributed by atoms with Crippen LogP contribution in [0.15, 0.2) is 29.3 Å². The first-order valence-corrected chi connectivity index (χ1v) is 10.7. The van der Waals surface area contributed by atoms with Gasteiger partial charge in [0.1, 0.15) is 0 Å². The number of nitrogens with one attached hydrogen (secondary N) is 1. The van der Waals surface area contributed by atoms with Crippen molar-refractivity contribution in [3.8, 4) is 0 Å². The normalized spacial score (nSPS) is 19.7. The Morgan fingerprint density at radius 3 is 2.48 bits per heavy atom. The Morgan fingerprint density at radius 2 is 1.86 bits per heavy atom.